The van der Waals surface area contributed by atoms with E-state index in [9.17, 15) is 0 Å². The van der Waals surface area contributed by atoms with Crippen LogP contribution in [0.1, 0.15) is 18.2 Å². The van der Waals surface area contributed by atoms with Gasteiger partial charge in [-0.15, -0.1) is 11.3 Å². The van der Waals surface area contributed by atoms with Crippen LogP contribution in [0.25, 0.3) is 0 Å². The van der Waals surface area contributed by atoms with Crippen LogP contribution >= 0.6 is 11.3 Å². The largest absolute Gasteiger partial charge is 0.332 e. The van der Waals surface area contributed by atoms with Crippen molar-refractivity contribution in [1.29, 1.82) is 5.26 Å². The molecule has 18 heavy (non-hydrogen) atoms. The predicted molar refractivity (Wildman–Crippen MR) is 73.9 cm³/mol. The summed E-state index contributed by atoms with van der Waals surface area (Å²) in [5.74, 6) is 0. The van der Waals surface area contributed by atoms with Crippen molar-refractivity contribution < 1.29 is 0 Å². The lowest BCUT2D eigenvalue weighted by molar-refractivity contribution is 0.726. The quantitative estimate of drug-likeness (QED) is 0.884. The number of nitriles is 1. The van der Waals surface area contributed by atoms with E-state index in [4.69, 9.17) is 11.0 Å². The Bertz CT molecular complexity index is 568. The van der Waals surface area contributed by atoms with Crippen molar-refractivity contribution in [1.82, 2.24) is 4.98 Å². The van der Waals surface area contributed by atoms with Gasteiger partial charge in [0.1, 0.15) is 0 Å². The fourth-order valence-electron chi connectivity index (χ4n) is 1.58. The Labute approximate surface area is 110 Å². The van der Waals surface area contributed by atoms with Gasteiger partial charge in [-0.3, -0.25) is 0 Å². The second-order valence-corrected chi connectivity index (χ2v) is 5.00. The van der Waals surface area contributed by atoms with Gasteiger partial charge in [0.2, 0.25) is 0 Å². The van der Waals surface area contributed by atoms with Gasteiger partial charge >= 0.3 is 0 Å². The molecule has 1 heterocycles. The number of hydrogen-bond acceptors (Lipinski definition) is 5. The molecule has 0 amide bonds. The Morgan fingerprint density at radius 2 is 2.39 bits per heavy atom. The first kappa shape index (κ1) is 12.6. The van der Waals surface area contributed by atoms with Crippen LogP contribution in [0.5, 0.6) is 0 Å². The molecule has 0 fully saturated rings. The van der Waals surface area contributed by atoms with Gasteiger partial charge in [0.15, 0.2) is 5.13 Å². The summed E-state index contributed by atoms with van der Waals surface area (Å²) in [6.45, 7) is 1.96. The number of nitrogens with one attached hydrogen (secondary N) is 1. The molecule has 2 rings (SSSR count). The molecule has 5 heteroatoms. The molecule has 0 aliphatic heterocycles. The average Bonchev–Trinajstić information content (AvgIpc) is 2.76. The van der Waals surface area contributed by atoms with Gasteiger partial charge in [-0.25, -0.2) is 4.98 Å². The lowest BCUT2D eigenvalue weighted by atomic mass is 10.2. The number of thiazole rings is 1. The van der Waals surface area contributed by atoms with Crippen LogP contribution < -0.4 is 11.1 Å². The van der Waals surface area contributed by atoms with Crippen LogP contribution in [0.4, 0.5) is 10.8 Å². The minimum absolute atomic E-state index is 0.113. The number of anilines is 2. The van der Waals surface area contributed by atoms with Crippen molar-refractivity contribution in [3.63, 3.8) is 0 Å². The lowest BCUT2D eigenvalue weighted by Crippen LogP contribution is -2.17. The van der Waals surface area contributed by atoms with E-state index in [1.54, 1.807) is 12.1 Å². The van der Waals surface area contributed by atoms with Gasteiger partial charge in [0.25, 0.3) is 0 Å². The summed E-state index contributed by atoms with van der Waals surface area (Å²) in [6, 6.07) is 9.55. The normalized spacial score (nSPS) is 11.8. The Hall–Kier alpha value is -1.90. The number of aromatic nitrogens is 1. The van der Waals surface area contributed by atoms with Crippen molar-refractivity contribution >= 4 is 22.2 Å². The van der Waals surface area contributed by atoms with Crippen LogP contribution in [0.3, 0.4) is 0 Å². The highest BCUT2D eigenvalue weighted by molar-refractivity contribution is 7.13. The first-order chi connectivity index (χ1) is 8.67. The highest BCUT2D eigenvalue weighted by Crippen LogP contribution is 2.21. The van der Waals surface area contributed by atoms with Crippen molar-refractivity contribution in [2.75, 3.05) is 5.32 Å². The third-order valence-corrected chi connectivity index (χ3v) is 3.13. The molecule has 1 unspecified atom stereocenters. The van der Waals surface area contributed by atoms with E-state index in [2.05, 4.69) is 16.4 Å². The van der Waals surface area contributed by atoms with Crippen LogP contribution in [0, 0.1) is 11.3 Å². The molecule has 1 aromatic carbocycles. The summed E-state index contributed by atoms with van der Waals surface area (Å²) >= 11 is 1.54. The fraction of sp³-hybridized carbons (Fsp3) is 0.231. The summed E-state index contributed by atoms with van der Waals surface area (Å²) in [5, 5.41) is 14.8. The first-order valence-electron chi connectivity index (χ1n) is 5.64. The van der Waals surface area contributed by atoms with E-state index in [0.29, 0.717) is 5.56 Å². The van der Waals surface area contributed by atoms with Crippen molar-refractivity contribution in [2.24, 2.45) is 5.73 Å². The van der Waals surface area contributed by atoms with Gasteiger partial charge in [-0.1, -0.05) is 6.07 Å². The monoisotopic (exact) mass is 258 g/mol. The number of rotatable bonds is 4. The molecule has 1 atom stereocenters. The van der Waals surface area contributed by atoms with E-state index < -0.39 is 0 Å². The summed E-state index contributed by atoms with van der Waals surface area (Å²) in [5.41, 5.74) is 8.23. The van der Waals surface area contributed by atoms with Gasteiger partial charge < -0.3 is 11.1 Å². The molecule has 0 bridgehead atoms. The van der Waals surface area contributed by atoms with Crippen LogP contribution in [0.15, 0.2) is 29.6 Å². The van der Waals surface area contributed by atoms with Crippen molar-refractivity contribution in [3.05, 3.63) is 40.9 Å². The summed E-state index contributed by atoms with van der Waals surface area (Å²) in [7, 11) is 0. The molecule has 0 saturated carbocycles. The van der Waals surface area contributed by atoms with Gasteiger partial charge in [0.05, 0.1) is 17.3 Å². The predicted octanol–water partition coefficient (Wildman–Crippen LogP) is 2.65. The lowest BCUT2D eigenvalue weighted by Gasteiger charge is -2.02. The Balaban J connectivity index is 2.09. The Morgan fingerprint density at radius 3 is 3.11 bits per heavy atom. The number of nitrogens with zero attached hydrogens (tertiary/aromatic N) is 2. The molecule has 0 aliphatic rings. The highest BCUT2D eigenvalue weighted by Gasteiger charge is 2.04. The topological polar surface area (TPSA) is 74.7 Å². The molecule has 0 spiro atoms. The van der Waals surface area contributed by atoms with E-state index in [-0.39, 0.29) is 6.04 Å². The van der Waals surface area contributed by atoms with Gasteiger partial charge in [-0.05, 0) is 25.1 Å². The zero-order chi connectivity index (χ0) is 13.0. The molecular formula is C13H14N4S. The minimum Gasteiger partial charge on any atom is -0.332 e. The van der Waals surface area contributed by atoms with Crippen LogP contribution in [0.2, 0.25) is 0 Å². The number of nitrogens with two attached hydrogens (primary N) is 1. The Morgan fingerprint density at radius 1 is 1.56 bits per heavy atom. The zero-order valence-electron chi connectivity index (χ0n) is 10.1. The standard InChI is InChI=1S/C13H14N4S/c1-9(15)5-12-8-18-13(17-12)16-11-4-2-3-10(6-11)7-14/h2-4,6,8-9H,5,15H2,1H3,(H,16,17). The van der Waals surface area contributed by atoms with E-state index in [1.807, 2.05) is 24.4 Å². The van der Waals surface area contributed by atoms with Crippen LogP contribution in [-0.2, 0) is 6.42 Å². The second kappa shape index (κ2) is 5.63. The molecule has 3 N–H and O–H groups in total. The summed E-state index contributed by atoms with van der Waals surface area (Å²) in [4.78, 5) is 4.45. The molecule has 2 aromatic rings. The molecule has 1 aromatic heterocycles. The highest BCUT2D eigenvalue weighted by atomic mass is 32.1. The van der Waals surface area contributed by atoms with E-state index >= 15 is 0 Å². The average molecular weight is 258 g/mol. The maximum atomic E-state index is 8.83. The molecule has 92 valence electrons. The SMILES string of the molecule is CC(N)Cc1csc(Nc2cccc(C#N)c2)n1. The van der Waals surface area contributed by atoms with Gasteiger partial charge in [-0.2, -0.15) is 5.26 Å². The molecular weight excluding hydrogens is 244 g/mol. The molecule has 4 nitrogen and oxygen atoms in total. The van der Waals surface area contributed by atoms with E-state index in [1.165, 1.54) is 11.3 Å². The minimum atomic E-state index is 0.113. The Kier molecular flexibility index (Phi) is 3.92. The second-order valence-electron chi connectivity index (χ2n) is 4.14. The van der Waals surface area contributed by atoms with Gasteiger partial charge in [0, 0.05) is 23.5 Å². The first-order valence-corrected chi connectivity index (χ1v) is 6.52. The maximum absolute atomic E-state index is 8.83. The van der Waals surface area contributed by atoms with Crippen molar-refractivity contribution in [3.8, 4) is 6.07 Å². The third-order valence-electron chi connectivity index (χ3n) is 2.33. The maximum Gasteiger partial charge on any atom is 0.187 e. The summed E-state index contributed by atoms with van der Waals surface area (Å²) in [6.07, 6.45) is 0.774. The summed E-state index contributed by atoms with van der Waals surface area (Å²) < 4.78 is 0. The van der Waals surface area contributed by atoms with Crippen molar-refractivity contribution in [2.45, 2.75) is 19.4 Å². The number of benzene rings is 1. The van der Waals surface area contributed by atoms with E-state index in [0.717, 1.165) is 22.9 Å². The molecule has 0 radical (unpaired) electrons. The molecule has 0 saturated heterocycles. The fourth-order valence-corrected chi connectivity index (χ4v) is 2.32. The zero-order valence-corrected chi connectivity index (χ0v) is 10.9. The number of hydrogen-bond donors (Lipinski definition) is 2. The van der Waals surface area contributed by atoms with Crippen LogP contribution in [-0.4, -0.2) is 11.0 Å². The smallest absolute Gasteiger partial charge is 0.187 e. The molecule has 0 aliphatic carbocycles. The third kappa shape index (κ3) is 3.29.